The van der Waals surface area contributed by atoms with Crippen molar-refractivity contribution in [2.75, 3.05) is 5.73 Å². The highest BCUT2D eigenvalue weighted by molar-refractivity contribution is 5.97. The van der Waals surface area contributed by atoms with Crippen LogP contribution in [0.15, 0.2) is 54.6 Å². The number of nitrogens with zero attached hydrogens (tertiary/aromatic N) is 2. The number of carboxylic acids is 2. The topological polar surface area (TPSA) is 176 Å². The Bertz CT molecular complexity index is 1240. The number of amides is 1. The van der Waals surface area contributed by atoms with Gasteiger partial charge >= 0.3 is 11.9 Å². The second-order valence-electron chi connectivity index (χ2n) is 7.43. The third-order valence-electron chi connectivity index (χ3n) is 5.03. The third kappa shape index (κ3) is 5.82. The quantitative estimate of drug-likeness (QED) is 0.305. The van der Waals surface area contributed by atoms with E-state index >= 15 is 0 Å². The molecule has 0 radical (unpaired) electrons. The van der Waals surface area contributed by atoms with E-state index in [1.807, 2.05) is 6.07 Å². The molecule has 6 N–H and O–H groups in total. The van der Waals surface area contributed by atoms with E-state index in [1.165, 1.54) is 0 Å². The normalized spacial score (nSPS) is 11.6. The van der Waals surface area contributed by atoms with Crippen molar-refractivity contribution in [1.82, 2.24) is 15.3 Å². The maximum absolute atomic E-state index is 12.4. The average Bonchev–Trinajstić information content (AvgIpc) is 2.77. The van der Waals surface area contributed by atoms with Gasteiger partial charge in [-0.05, 0) is 48.2 Å². The first-order valence-electron chi connectivity index (χ1n) is 9.93. The number of aliphatic carboxylic acids is 2. The second-order valence-corrected chi connectivity index (χ2v) is 7.43. The number of nitrogen functional groups attached to an aromatic ring is 1. The minimum absolute atomic E-state index is 0.00151. The van der Waals surface area contributed by atoms with Gasteiger partial charge in [0, 0.05) is 17.6 Å². The molecule has 0 aliphatic heterocycles. The molecule has 0 fully saturated rings. The molecule has 2 aromatic carbocycles. The first-order chi connectivity index (χ1) is 15.6. The van der Waals surface area contributed by atoms with Crippen LogP contribution in [-0.4, -0.2) is 49.2 Å². The Morgan fingerprint density at radius 1 is 1.00 bits per heavy atom. The zero-order chi connectivity index (χ0) is 24.1. The van der Waals surface area contributed by atoms with Gasteiger partial charge in [0.1, 0.15) is 6.04 Å². The van der Waals surface area contributed by atoms with Crippen molar-refractivity contribution in [2.24, 2.45) is 0 Å². The number of carbonyl (C=O) groups is 3. The molecule has 0 aliphatic carbocycles. The molecular formula is C23H22N4O6. The lowest BCUT2D eigenvalue weighted by Gasteiger charge is -2.14. The summed E-state index contributed by atoms with van der Waals surface area (Å²) in [7, 11) is 0. The fraction of sp³-hybridized carbons (Fsp3) is 0.174. The van der Waals surface area contributed by atoms with Gasteiger partial charge in [-0.25, -0.2) is 14.6 Å². The van der Waals surface area contributed by atoms with Gasteiger partial charge in [0.05, 0.1) is 10.9 Å². The number of carboxylic acid groups (broad SMARTS) is 2. The molecule has 1 amide bonds. The molecule has 3 aromatic rings. The van der Waals surface area contributed by atoms with E-state index in [1.54, 1.807) is 36.4 Å². The van der Waals surface area contributed by atoms with Crippen molar-refractivity contribution in [3.05, 3.63) is 71.3 Å². The first-order valence-corrected chi connectivity index (χ1v) is 9.93. The summed E-state index contributed by atoms with van der Waals surface area (Å²) in [5.74, 6) is -3.48. The number of fused-ring (bicyclic) bond motifs is 1. The largest absolute Gasteiger partial charge is 0.493 e. The summed E-state index contributed by atoms with van der Waals surface area (Å²) in [6.07, 6.45) is 0.900. The number of hydrogen-bond donors (Lipinski definition) is 5. The molecule has 1 heterocycles. The van der Waals surface area contributed by atoms with E-state index in [0.717, 1.165) is 11.1 Å². The molecule has 0 aliphatic rings. The Morgan fingerprint density at radius 3 is 2.27 bits per heavy atom. The average molecular weight is 450 g/mol. The minimum Gasteiger partial charge on any atom is -0.493 e. The standard InChI is InChI=1S/C23H22N4O6/c1-12(21(30)31)10-18(22(32)33)25-19(28)15-7-4-13(5-8-15)2-3-14-6-9-17-16(11-14)20(29)27-23(24)26-17/h4-9,11,18H,1-3,10H2,(H,25,28)(H,30,31)(H,32,33)(H3,24,26,27,29). The summed E-state index contributed by atoms with van der Waals surface area (Å²) in [4.78, 5) is 42.4. The molecule has 0 spiro atoms. The summed E-state index contributed by atoms with van der Waals surface area (Å²) in [6, 6.07) is 10.7. The zero-order valence-corrected chi connectivity index (χ0v) is 17.5. The van der Waals surface area contributed by atoms with Crippen LogP contribution in [0.2, 0.25) is 0 Å². The Hall–Kier alpha value is -4.47. The van der Waals surface area contributed by atoms with Gasteiger partial charge in [-0.3, -0.25) is 4.79 Å². The number of hydrogen-bond acceptors (Lipinski definition) is 7. The molecule has 1 aromatic heterocycles. The van der Waals surface area contributed by atoms with E-state index in [4.69, 9.17) is 10.8 Å². The van der Waals surface area contributed by atoms with Gasteiger partial charge in [-0.2, -0.15) is 4.98 Å². The van der Waals surface area contributed by atoms with Crippen LogP contribution in [0.1, 0.15) is 27.9 Å². The number of aromatic nitrogens is 2. The smallest absolute Gasteiger partial charge is 0.331 e. The van der Waals surface area contributed by atoms with Crippen LogP contribution >= 0.6 is 0 Å². The highest BCUT2D eigenvalue weighted by Crippen LogP contribution is 2.24. The van der Waals surface area contributed by atoms with E-state index in [9.17, 15) is 24.6 Å². The Morgan fingerprint density at radius 2 is 1.64 bits per heavy atom. The maximum atomic E-state index is 12.4. The number of anilines is 1. The predicted octanol–water partition coefficient (Wildman–Crippen LogP) is 1.92. The number of aromatic hydroxyl groups is 1. The van der Waals surface area contributed by atoms with E-state index in [-0.39, 0.29) is 23.0 Å². The van der Waals surface area contributed by atoms with Crippen LogP contribution in [0.3, 0.4) is 0 Å². The lowest BCUT2D eigenvalue weighted by Crippen LogP contribution is -2.41. The van der Waals surface area contributed by atoms with Crippen molar-refractivity contribution in [3.63, 3.8) is 0 Å². The summed E-state index contributed by atoms with van der Waals surface area (Å²) < 4.78 is 0. The van der Waals surface area contributed by atoms with Crippen LogP contribution in [0.5, 0.6) is 5.88 Å². The minimum atomic E-state index is -1.40. The highest BCUT2D eigenvalue weighted by atomic mass is 16.4. The van der Waals surface area contributed by atoms with Crippen molar-refractivity contribution in [2.45, 2.75) is 25.3 Å². The lowest BCUT2D eigenvalue weighted by molar-refractivity contribution is -0.139. The summed E-state index contributed by atoms with van der Waals surface area (Å²) in [5.41, 5.74) is 7.92. The monoisotopic (exact) mass is 450 g/mol. The van der Waals surface area contributed by atoms with Gasteiger partial charge in [0.25, 0.3) is 5.91 Å². The molecule has 1 unspecified atom stereocenters. The molecule has 0 bridgehead atoms. The van der Waals surface area contributed by atoms with E-state index in [2.05, 4.69) is 21.9 Å². The zero-order valence-electron chi connectivity index (χ0n) is 17.5. The fourth-order valence-corrected chi connectivity index (χ4v) is 3.22. The Labute approximate surface area is 188 Å². The molecule has 0 saturated heterocycles. The van der Waals surface area contributed by atoms with Gasteiger partial charge in [0.15, 0.2) is 0 Å². The highest BCUT2D eigenvalue weighted by Gasteiger charge is 2.23. The van der Waals surface area contributed by atoms with Crippen molar-refractivity contribution >= 4 is 34.7 Å². The van der Waals surface area contributed by atoms with Crippen LogP contribution in [-0.2, 0) is 22.4 Å². The van der Waals surface area contributed by atoms with Gasteiger partial charge < -0.3 is 26.4 Å². The second kappa shape index (κ2) is 9.77. The lowest BCUT2D eigenvalue weighted by atomic mass is 10.0. The number of aryl methyl sites for hydroxylation is 2. The molecule has 10 nitrogen and oxygen atoms in total. The number of carbonyl (C=O) groups excluding carboxylic acids is 1. The van der Waals surface area contributed by atoms with Gasteiger partial charge in [0.2, 0.25) is 11.8 Å². The van der Waals surface area contributed by atoms with Crippen LogP contribution in [0.25, 0.3) is 10.9 Å². The molecule has 10 heteroatoms. The summed E-state index contributed by atoms with van der Waals surface area (Å²) >= 11 is 0. The Balaban J connectivity index is 1.63. The van der Waals surface area contributed by atoms with Crippen LogP contribution in [0.4, 0.5) is 5.95 Å². The molecule has 1 atom stereocenters. The number of nitrogens with one attached hydrogen (secondary N) is 1. The number of nitrogens with two attached hydrogens (primary N) is 1. The Kier molecular flexibility index (Phi) is 6.87. The van der Waals surface area contributed by atoms with Gasteiger partial charge in [-0.15, -0.1) is 0 Å². The molecule has 0 saturated carbocycles. The van der Waals surface area contributed by atoms with Crippen molar-refractivity contribution in [3.8, 4) is 5.88 Å². The predicted molar refractivity (Wildman–Crippen MR) is 120 cm³/mol. The van der Waals surface area contributed by atoms with E-state index in [0.29, 0.717) is 23.7 Å². The van der Waals surface area contributed by atoms with Crippen molar-refractivity contribution in [1.29, 1.82) is 0 Å². The molecule has 33 heavy (non-hydrogen) atoms. The maximum Gasteiger partial charge on any atom is 0.331 e. The van der Waals surface area contributed by atoms with Gasteiger partial charge in [-0.1, -0.05) is 24.8 Å². The fourth-order valence-electron chi connectivity index (χ4n) is 3.22. The first kappa shape index (κ1) is 23.2. The molecule has 170 valence electrons. The summed E-state index contributed by atoms with van der Waals surface area (Å²) in [6.45, 7) is 3.30. The molecule has 3 rings (SSSR count). The van der Waals surface area contributed by atoms with Crippen molar-refractivity contribution < 1.29 is 29.7 Å². The van der Waals surface area contributed by atoms with E-state index < -0.39 is 30.3 Å². The van der Waals surface area contributed by atoms with Crippen LogP contribution in [0, 0.1) is 0 Å². The van der Waals surface area contributed by atoms with Crippen LogP contribution < -0.4 is 11.1 Å². The number of benzene rings is 2. The SMILES string of the molecule is C=C(CC(NC(=O)c1ccc(CCc2ccc3nc(N)nc(O)c3c2)cc1)C(=O)O)C(=O)O. The number of rotatable bonds is 9. The molecular weight excluding hydrogens is 428 g/mol. The summed E-state index contributed by atoms with van der Waals surface area (Å²) in [5, 5.41) is 30.9. The third-order valence-corrected chi connectivity index (χ3v) is 5.03.